The van der Waals surface area contributed by atoms with E-state index in [4.69, 9.17) is 4.74 Å². The molecule has 0 aliphatic heterocycles. The molecule has 0 aliphatic carbocycles. The number of halogens is 4. The Hall–Kier alpha value is -1.47. The van der Waals surface area contributed by atoms with E-state index in [1.165, 1.54) is 18.2 Å². The lowest BCUT2D eigenvalue weighted by atomic mass is 10.1. The average Bonchev–Trinajstić information content (AvgIpc) is 2.50. The summed E-state index contributed by atoms with van der Waals surface area (Å²) in [5, 5.41) is 5.61. The number of carbonyl (C=O) groups is 1. The second kappa shape index (κ2) is 10.4. The molecule has 0 saturated heterocycles. The Bertz CT molecular complexity index is 512. The topological polar surface area (TPSA) is 50.4 Å². The third-order valence-electron chi connectivity index (χ3n) is 3.40. The SMILES string of the molecule is CCC(CNC(=O)C(C)CNC)Oc1ccccc1C(F)(F)F.Cl. The number of nitrogens with one attached hydrogen (secondary N) is 2. The molecule has 0 radical (unpaired) electrons. The first kappa shape index (κ1) is 22.5. The number of para-hydroxylation sites is 1. The maximum absolute atomic E-state index is 13.0. The molecule has 2 unspecified atom stereocenters. The third-order valence-corrected chi connectivity index (χ3v) is 3.40. The smallest absolute Gasteiger partial charge is 0.419 e. The van der Waals surface area contributed by atoms with Crippen LogP contribution in [-0.4, -0.2) is 32.1 Å². The van der Waals surface area contributed by atoms with Gasteiger partial charge in [0, 0.05) is 12.5 Å². The molecule has 0 fully saturated rings. The van der Waals surface area contributed by atoms with Gasteiger partial charge in [0.1, 0.15) is 11.9 Å². The van der Waals surface area contributed by atoms with Crippen LogP contribution in [0.5, 0.6) is 5.75 Å². The number of hydrogen-bond acceptors (Lipinski definition) is 3. The van der Waals surface area contributed by atoms with Crippen LogP contribution in [0.25, 0.3) is 0 Å². The second-order valence-electron chi connectivity index (χ2n) is 5.35. The zero-order valence-electron chi connectivity index (χ0n) is 13.9. The molecule has 1 rings (SSSR count). The number of hydrogen-bond donors (Lipinski definition) is 2. The van der Waals surface area contributed by atoms with Crippen LogP contribution in [0.2, 0.25) is 0 Å². The summed E-state index contributed by atoms with van der Waals surface area (Å²) >= 11 is 0. The fourth-order valence-electron chi connectivity index (χ4n) is 2.04. The van der Waals surface area contributed by atoms with Crippen molar-refractivity contribution in [1.82, 2.24) is 10.6 Å². The summed E-state index contributed by atoms with van der Waals surface area (Å²) in [6.45, 7) is 4.26. The normalized spacial score (nSPS) is 13.6. The number of rotatable bonds is 8. The van der Waals surface area contributed by atoms with Crippen molar-refractivity contribution in [1.29, 1.82) is 0 Å². The molecule has 0 spiro atoms. The quantitative estimate of drug-likeness (QED) is 0.740. The average molecular weight is 369 g/mol. The van der Waals surface area contributed by atoms with Gasteiger partial charge < -0.3 is 15.4 Å². The van der Waals surface area contributed by atoms with Gasteiger partial charge >= 0.3 is 6.18 Å². The highest BCUT2D eigenvalue weighted by atomic mass is 35.5. The molecule has 2 N–H and O–H groups in total. The largest absolute Gasteiger partial charge is 0.488 e. The molecule has 138 valence electrons. The van der Waals surface area contributed by atoms with E-state index in [1.807, 2.05) is 0 Å². The lowest BCUT2D eigenvalue weighted by molar-refractivity contribution is -0.139. The predicted octanol–water partition coefficient (Wildman–Crippen LogP) is 3.26. The standard InChI is InChI=1S/C16H23F3N2O2.ClH/c1-4-12(10-21-15(22)11(2)9-20-3)23-14-8-6-5-7-13(14)16(17,18)19;/h5-8,11-12,20H,4,9-10H2,1-3H3,(H,21,22);1H. The number of ether oxygens (including phenoxy) is 1. The first-order chi connectivity index (χ1) is 10.8. The van der Waals surface area contributed by atoms with E-state index in [0.29, 0.717) is 13.0 Å². The van der Waals surface area contributed by atoms with Crippen molar-refractivity contribution in [2.75, 3.05) is 20.1 Å². The zero-order chi connectivity index (χ0) is 17.5. The van der Waals surface area contributed by atoms with Crippen LogP contribution in [0.1, 0.15) is 25.8 Å². The van der Waals surface area contributed by atoms with Crippen molar-refractivity contribution >= 4 is 18.3 Å². The van der Waals surface area contributed by atoms with E-state index in [0.717, 1.165) is 6.07 Å². The van der Waals surface area contributed by atoms with Crippen molar-refractivity contribution in [3.63, 3.8) is 0 Å². The maximum Gasteiger partial charge on any atom is 0.419 e. The molecule has 24 heavy (non-hydrogen) atoms. The molecule has 0 bridgehead atoms. The van der Waals surface area contributed by atoms with Gasteiger partial charge in [-0.1, -0.05) is 26.0 Å². The first-order valence-corrected chi connectivity index (χ1v) is 7.54. The fraction of sp³-hybridized carbons (Fsp3) is 0.562. The highest BCUT2D eigenvalue weighted by Gasteiger charge is 2.34. The molecule has 0 aliphatic rings. The van der Waals surface area contributed by atoms with Crippen molar-refractivity contribution in [2.45, 2.75) is 32.5 Å². The van der Waals surface area contributed by atoms with E-state index >= 15 is 0 Å². The molecule has 4 nitrogen and oxygen atoms in total. The lowest BCUT2D eigenvalue weighted by Gasteiger charge is -2.22. The van der Waals surface area contributed by atoms with Gasteiger partial charge in [-0.15, -0.1) is 12.4 Å². The molecular formula is C16H24ClF3N2O2. The molecule has 2 atom stereocenters. The van der Waals surface area contributed by atoms with Gasteiger partial charge in [0.05, 0.1) is 12.1 Å². The van der Waals surface area contributed by atoms with Crippen LogP contribution >= 0.6 is 12.4 Å². The van der Waals surface area contributed by atoms with E-state index in [9.17, 15) is 18.0 Å². The van der Waals surface area contributed by atoms with Gasteiger partial charge in [-0.05, 0) is 25.6 Å². The molecule has 1 amide bonds. The van der Waals surface area contributed by atoms with Crippen LogP contribution in [0, 0.1) is 5.92 Å². The van der Waals surface area contributed by atoms with Crippen LogP contribution in [-0.2, 0) is 11.0 Å². The highest BCUT2D eigenvalue weighted by Crippen LogP contribution is 2.36. The Labute approximate surface area is 146 Å². The van der Waals surface area contributed by atoms with E-state index < -0.39 is 17.8 Å². The number of alkyl halides is 3. The van der Waals surface area contributed by atoms with Gasteiger partial charge in [0.15, 0.2) is 0 Å². The minimum Gasteiger partial charge on any atom is -0.488 e. The van der Waals surface area contributed by atoms with Crippen molar-refractivity contribution < 1.29 is 22.7 Å². The molecule has 0 aromatic heterocycles. The lowest BCUT2D eigenvalue weighted by Crippen LogP contribution is -2.40. The van der Waals surface area contributed by atoms with Crippen molar-refractivity contribution in [3.8, 4) is 5.75 Å². The van der Waals surface area contributed by atoms with Gasteiger partial charge in [0.25, 0.3) is 0 Å². The second-order valence-corrected chi connectivity index (χ2v) is 5.35. The minimum atomic E-state index is -4.47. The van der Waals surface area contributed by atoms with Gasteiger partial charge in [-0.3, -0.25) is 4.79 Å². The summed E-state index contributed by atoms with van der Waals surface area (Å²) in [5.41, 5.74) is -0.812. The third kappa shape index (κ3) is 6.97. The highest BCUT2D eigenvalue weighted by molar-refractivity contribution is 5.85. The summed E-state index contributed by atoms with van der Waals surface area (Å²) in [6, 6.07) is 5.08. The van der Waals surface area contributed by atoms with Crippen molar-refractivity contribution in [2.24, 2.45) is 5.92 Å². The Morgan fingerprint density at radius 1 is 1.25 bits per heavy atom. The number of amides is 1. The summed E-state index contributed by atoms with van der Waals surface area (Å²) in [6.07, 6.45) is -4.52. The first-order valence-electron chi connectivity index (χ1n) is 7.54. The maximum atomic E-state index is 13.0. The van der Waals surface area contributed by atoms with Crippen molar-refractivity contribution in [3.05, 3.63) is 29.8 Å². The Morgan fingerprint density at radius 2 is 1.88 bits per heavy atom. The van der Waals surface area contributed by atoms with Crippen LogP contribution in [0.4, 0.5) is 13.2 Å². The molecule has 1 aromatic carbocycles. The predicted molar refractivity (Wildman–Crippen MR) is 89.5 cm³/mol. The zero-order valence-corrected chi connectivity index (χ0v) is 14.8. The molecule has 0 heterocycles. The van der Waals surface area contributed by atoms with Gasteiger partial charge in [-0.25, -0.2) is 0 Å². The Balaban J connectivity index is 0.00000529. The Kier molecular flexibility index (Phi) is 9.77. The Morgan fingerprint density at radius 3 is 2.42 bits per heavy atom. The van der Waals surface area contributed by atoms with E-state index in [1.54, 1.807) is 20.9 Å². The molecule has 8 heteroatoms. The van der Waals surface area contributed by atoms with E-state index in [2.05, 4.69) is 10.6 Å². The molecule has 0 saturated carbocycles. The summed E-state index contributed by atoms with van der Waals surface area (Å²) in [7, 11) is 1.75. The summed E-state index contributed by atoms with van der Waals surface area (Å²) < 4.78 is 44.3. The monoisotopic (exact) mass is 368 g/mol. The molecular weight excluding hydrogens is 345 g/mol. The summed E-state index contributed by atoms with van der Waals surface area (Å²) in [4.78, 5) is 11.8. The fourth-order valence-corrected chi connectivity index (χ4v) is 2.04. The number of benzene rings is 1. The van der Waals surface area contributed by atoms with E-state index in [-0.39, 0.29) is 36.5 Å². The summed E-state index contributed by atoms with van der Waals surface area (Å²) in [5.74, 6) is -0.602. The van der Waals surface area contributed by atoms with Crippen LogP contribution in [0.3, 0.4) is 0 Å². The molecule has 1 aromatic rings. The number of carbonyl (C=O) groups excluding carboxylic acids is 1. The van der Waals surface area contributed by atoms with Gasteiger partial charge in [0.2, 0.25) is 5.91 Å². The minimum absolute atomic E-state index is 0. The van der Waals surface area contributed by atoms with Gasteiger partial charge in [-0.2, -0.15) is 13.2 Å². The van der Waals surface area contributed by atoms with Crippen LogP contribution < -0.4 is 15.4 Å². The van der Waals surface area contributed by atoms with Crippen LogP contribution in [0.15, 0.2) is 24.3 Å².